The Morgan fingerprint density at radius 2 is 1.76 bits per heavy atom. The molecule has 1 N–H and O–H groups in total. The van der Waals surface area contributed by atoms with Crippen LogP contribution in [0.3, 0.4) is 0 Å². The molecule has 10 heteroatoms. The molecule has 0 aliphatic heterocycles. The molecular formula is C27H34N6O4. The molecule has 1 unspecified atom stereocenters. The summed E-state index contributed by atoms with van der Waals surface area (Å²) < 4.78 is 17.9. The van der Waals surface area contributed by atoms with Gasteiger partial charge in [-0.25, -0.2) is 4.68 Å². The predicted octanol–water partition coefficient (Wildman–Crippen LogP) is 3.64. The van der Waals surface area contributed by atoms with Gasteiger partial charge in [0.2, 0.25) is 0 Å². The number of methoxy groups -OCH3 is 3. The fraction of sp³-hybridized carbons (Fsp3) is 0.407. The van der Waals surface area contributed by atoms with Gasteiger partial charge in [0.15, 0.2) is 17.3 Å². The van der Waals surface area contributed by atoms with Crippen molar-refractivity contribution in [2.45, 2.75) is 45.9 Å². The van der Waals surface area contributed by atoms with E-state index in [9.17, 15) is 4.79 Å². The molecule has 37 heavy (non-hydrogen) atoms. The Morgan fingerprint density at radius 3 is 2.43 bits per heavy atom. The van der Waals surface area contributed by atoms with Crippen molar-refractivity contribution in [3.8, 4) is 11.5 Å². The molecule has 0 saturated heterocycles. The van der Waals surface area contributed by atoms with Crippen molar-refractivity contribution < 1.29 is 14.2 Å². The van der Waals surface area contributed by atoms with E-state index >= 15 is 0 Å². The third-order valence-electron chi connectivity index (χ3n) is 6.50. The van der Waals surface area contributed by atoms with E-state index in [1.165, 1.54) is 5.56 Å². The van der Waals surface area contributed by atoms with Gasteiger partial charge < -0.3 is 19.2 Å². The predicted molar refractivity (Wildman–Crippen MR) is 141 cm³/mol. The van der Waals surface area contributed by atoms with E-state index in [1.807, 2.05) is 12.1 Å². The maximum atomic E-state index is 13.2. The molecule has 1 atom stereocenters. The summed E-state index contributed by atoms with van der Waals surface area (Å²) in [6.07, 6.45) is 0.760. The molecule has 0 aliphatic carbocycles. The number of ether oxygens (including phenoxy) is 3. The molecule has 196 valence electrons. The molecule has 0 radical (unpaired) electrons. The second-order valence-corrected chi connectivity index (χ2v) is 8.99. The first kappa shape index (κ1) is 26.3. The highest BCUT2D eigenvalue weighted by Gasteiger charge is 2.26. The quantitative estimate of drug-likeness (QED) is 0.310. The molecule has 4 rings (SSSR count). The summed E-state index contributed by atoms with van der Waals surface area (Å²) in [5.41, 5.74) is 3.51. The van der Waals surface area contributed by atoms with Crippen LogP contribution >= 0.6 is 0 Å². The van der Waals surface area contributed by atoms with Crippen LogP contribution in [0.1, 0.15) is 41.9 Å². The molecule has 10 nitrogen and oxygen atoms in total. The zero-order valence-electron chi connectivity index (χ0n) is 22.0. The first-order valence-corrected chi connectivity index (χ1v) is 12.3. The Hall–Kier alpha value is -3.76. The monoisotopic (exact) mass is 506 g/mol. The Kier molecular flexibility index (Phi) is 8.52. The first-order valence-electron chi connectivity index (χ1n) is 12.3. The van der Waals surface area contributed by atoms with Crippen molar-refractivity contribution in [2.24, 2.45) is 0 Å². The van der Waals surface area contributed by atoms with Crippen molar-refractivity contribution in [3.05, 3.63) is 75.3 Å². The van der Waals surface area contributed by atoms with Gasteiger partial charge >= 0.3 is 0 Å². The van der Waals surface area contributed by atoms with E-state index in [2.05, 4.69) is 63.5 Å². The van der Waals surface area contributed by atoms with Gasteiger partial charge in [0.25, 0.3) is 5.56 Å². The standard InChI is InChI=1S/C27H34N6O4/c1-6-23(26-29-30-31-33(26)11-12-35-3)32(16-19-9-7-18(2)8-10-19)17-21-13-20-14-24(36-4)25(37-5)15-22(20)28-27(21)34/h7-10,13-15,23H,6,11-12,16-17H2,1-5H3,(H,28,34). The SMILES string of the molecule is CCC(c1nnnn1CCOC)N(Cc1ccc(C)cc1)Cc1cc2cc(OC)c(OC)cc2[nH]c1=O. The molecule has 2 aromatic heterocycles. The lowest BCUT2D eigenvalue weighted by atomic mass is 10.1. The van der Waals surface area contributed by atoms with Crippen LogP contribution in [-0.2, 0) is 24.4 Å². The lowest BCUT2D eigenvalue weighted by Gasteiger charge is -2.30. The number of hydrogen-bond acceptors (Lipinski definition) is 8. The summed E-state index contributed by atoms with van der Waals surface area (Å²) in [6, 6.07) is 13.9. The van der Waals surface area contributed by atoms with Crippen LogP contribution in [0.15, 0.2) is 47.3 Å². The van der Waals surface area contributed by atoms with Gasteiger partial charge in [-0.1, -0.05) is 36.8 Å². The van der Waals surface area contributed by atoms with E-state index in [1.54, 1.807) is 32.1 Å². The number of fused-ring (bicyclic) bond motifs is 1. The van der Waals surface area contributed by atoms with Crippen LogP contribution in [0, 0.1) is 6.92 Å². The Bertz CT molecular complexity index is 1380. The number of nitrogens with one attached hydrogen (secondary N) is 1. The topological polar surface area (TPSA) is 107 Å². The van der Waals surface area contributed by atoms with Crippen molar-refractivity contribution in [2.75, 3.05) is 27.9 Å². The zero-order chi connectivity index (χ0) is 26.4. The molecule has 0 bridgehead atoms. The molecule has 0 aliphatic rings. The summed E-state index contributed by atoms with van der Waals surface area (Å²) in [6.45, 7) is 6.25. The van der Waals surface area contributed by atoms with Gasteiger partial charge in [0, 0.05) is 37.2 Å². The van der Waals surface area contributed by atoms with Gasteiger partial charge in [-0.05, 0) is 41.5 Å². The number of aromatic nitrogens is 5. The van der Waals surface area contributed by atoms with E-state index in [0.29, 0.717) is 48.8 Å². The lowest BCUT2D eigenvalue weighted by molar-refractivity contribution is 0.151. The summed E-state index contributed by atoms with van der Waals surface area (Å²) in [5.74, 6) is 1.91. The highest BCUT2D eigenvalue weighted by molar-refractivity contribution is 5.83. The van der Waals surface area contributed by atoms with Crippen molar-refractivity contribution >= 4 is 10.9 Å². The number of nitrogens with zero attached hydrogens (tertiary/aromatic N) is 5. The molecule has 2 heterocycles. The summed E-state index contributed by atoms with van der Waals surface area (Å²) in [7, 11) is 4.82. The zero-order valence-corrected chi connectivity index (χ0v) is 22.0. The van der Waals surface area contributed by atoms with Crippen molar-refractivity contribution in [1.82, 2.24) is 30.1 Å². The van der Waals surface area contributed by atoms with E-state index in [-0.39, 0.29) is 11.6 Å². The maximum absolute atomic E-state index is 13.2. The summed E-state index contributed by atoms with van der Waals surface area (Å²) >= 11 is 0. The normalized spacial score (nSPS) is 12.3. The van der Waals surface area contributed by atoms with Gasteiger partial charge in [0.1, 0.15) is 0 Å². The molecule has 2 aromatic carbocycles. The van der Waals surface area contributed by atoms with Crippen LogP contribution in [0.25, 0.3) is 10.9 Å². The molecule has 0 fully saturated rings. The third kappa shape index (κ3) is 5.98. The number of benzene rings is 2. The fourth-order valence-electron chi connectivity index (χ4n) is 4.51. The minimum Gasteiger partial charge on any atom is -0.493 e. The van der Waals surface area contributed by atoms with Gasteiger partial charge in [0.05, 0.1) is 38.9 Å². The molecule has 0 spiro atoms. The van der Waals surface area contributed by atoms with Gasteiger partial charge in [-0.2, -0.15) is 0 Å². The van der Waals surface area contributed by atoms with Crippen LogP contribution in [-0.4, -0.2) is 58.0 Å². The Balaban J connectivity index is 1.74. The highest BCUT2D eigenvalue weighted by Crippen LogP contribution is 2.32. The maximum Gasteiger partial charge on any atom is 0.252 e. The number of H-pyrrole nitrogens is 1. The number of aryl methyl sites for hydroxylation is 1. The number of rotatable bonds is 12. The molecular weight excluding hydrogens is 472 g/mol. The number of tetrazole rings is 1. The molecule has 0 saturated carbocycles. The van der Waals surface area contributed by atoms with Crippen molar-refractivity contribution in [1.29, 1.82) is 0 Å². The third-order valence-corrected chi connectivity index (χ3v) is 6.50. The van der Waals surface area contributed by atoms with Crippen molar-refractivity contribution in [3.63, 3.8) is 0 Å². The Labute approximate surface area is 216 Å². The fourth-order valence-corrected chi connectivity index (χ4v) is 4.51. The Morgan fingerprint density at radius 1 is 1.03 bits per heavy atom. The molecule has 4 aromatic rings. The van der Waals surface area contributed by atoms with Gasteiger partial charge in [-0.15, -0.1) is 5.10 Å². The minimum atomic E-state index is -0.151. The van der Waals surface area contributed by atoms with E-state index in [0.717, 1.165) is 23.2 Å². The molecule has 0 amide bonds. The number of pyridine rings is 1. The smallest absolute Gasteiger partial charge is 0.252 e. The number of hydrogen-bond donors (Lipinski definition) is 1. The van der Waals surface area contributed by atoms with E-state index in [4.69, 9.17) is 14.2 Å². The average Bonchev–Trinajstić information content (AvgIpc) is 3.36. The van der Waals surface area contributed by atoms with E-state index < -0.39 is 0 Å². The second-order valence-electron chi connectivity index (χ2n) is 8.99. The van der Waals surface area contributed by atoms with Gasteiger partial charge in [-0.3, -0.25) is 9.69 Å². The van der Waals surface area contributed by atoms with Crippen LogP contribution in [0.4, 0.5) is 0 Å². The summed E-state index contributed by atoms with van der Waals surface area (Å²) in [5, 5.41) is 13.3. The average molecular weight is 507 g/mol. The number of aromatic amines is 1. The highest BCUT2D eigenvalue weighted by atomic mass is 16.5. The second kappa shape index (κ2) is 12.0. The van der Waals surface area contributed by atoms with Crippen LogP contribution in [0.2, 0.25) is 0 Å². The van der Waals surface area contributed by atoms with Crippen LogP contribution < -0.4 is 15.0 Å². The lowest BCUT2D eigenvalue weighted by Crippen LogP contribution is -2.32. The first-order chi connectivity index (χ1) is 18.0. The van der Waals surface area contributed by atoms with Crippen LogP contribution in [0.5, 0.6) is 11.5 Å². The minimum absolute atomic E-state index is 0.117. The largest absolute Gasteiger partial charge is 0.493 e. The summed E-state index contributed by atoms with van der Waals surface area (Å²) in [4.78, 5) is 18.5.